The van der Waals surface area contributed by atoms with Crippen LogP contribution in [0.15, 0.2) is 23.7 Å². The summed E-state index contributed by atoms with van der Waals surface area (Å²) in [6, 6.07) is 2.55. The molecule has 2 aromatic heterocycles. The number of halogens is 4. The van der Waals surface area contributed by atoms with Gasteiger partial charge in [-0.05, 0) is 30.0 Å². The first kappa shape index (κ1) is 16.7. The molecule has 0 saturated heterocycles. The number of pyridine rings is 1. The van der Waals surface area contributed by atoms with E-state index in [0.29, 0.717) is 11.1 Å². The van der Waals surface area contributed by atoms with Gasteiger partial charge in [0.1, 0.15) is 6.61 Å². The molecule has 4 nitrogen and oxygen atoms in total. The van der Waals surface area contributed by atoms with Crippen molar-refractivity contribution in [2.24, 2.45) is 0 Å². The van der Waals surface area contributed by atoms with Crippen LogP contribution in [0.5, 0.6) is 0 Å². The number of hydroxylamine groups is 1. The van der Waals surface area contributed by atoms with Crippen molar-refractivity contribution in [1.82, 2.24) is 10.5 Å². The van der Waals surface area contributed by atoms with Crippen LogP contribution >= 0.6 is 22.9 Å². The molecule has 118 valence electrons. The van der Waals surface area contributed by atoms with Gasteiger partial charge >= 0.3 is 6.18 Å². The lowest BCUT2D eigenvalue weighted by molar-refractivity contribution is -0.137. The van der Waals surface area contributed by atoms with E-state index in [2.05, 4.69) is 10.5 Å². The van der Waals surface area contributed by atoms with E-state index in [1.54, 1.807) is 18.4 Å². The molecular weight excluding hydrogens is 341 g/mol. The summed E-state index contributed by atoms with van der Waals surface area (Å²) in [6.07, 6.45) is -3.85. The van der Waals surface area contributed by atoms with E-state index in [1.807, 2.05) is 0 Å². The largest absolute Gasteiger partial charge is 0.417 e. The third kappa shape index (κ3) is 3.96. The summed E-state index contributed by atoms with van der Waals surface area (Å²) >= 11 is 6.98. The molecule has 0 unspecified atom stereocenters. The van der Waals surface area contributed by atoms with Crippen LogP contribution in [0.1, 0.15) is 26.5 Å². The molecule has 0 fully saturated rings. The molecule has 0 aliphatic rings. The summed E-state index contributed by atoms with van der Waals surface area (Å²) < 4.78 is 37.4. The first-order valence-corrected chi connectivity index (χ1v) is 7.22. The second-order valence-electron chi connectivity index (χ2n) is 4.30. The molecule has 0 radical (unpaired) electrons. The summed E-state index contributed by atoms with van der Waals surface area (Å²) in [5.41, 5.74) is 2.15. The summed E-state index contributed by atoms with van der Waals surface area (Å²) in [7, 11) is 0. The number of carbonyl (C=O) groups is 1. The number of aryl methyl sites for hydroxylation is 1. The molecule has 0 spiro atoms. The molecular formula is C13H10ClF3N2O2S. The molecule has 2 heterocycles. The zero-order chi connectivity index (χ0) is 16.3. The summed E-state index contributed by atoms with van der Waals surface area (Å²) in [4.78, 5) is 20.8. The fourth-order valence-electron chi connectivity index (χ4n) is 1.55. The van der Waals surface area contributed by atoms with Crippen molar-refractivity contribution in [3.8, 4) is 0 Å². The van der Waals surface area contributed by atoms with Crippen LogP contribution in [0, 0.1) is 6.92 Å². The van der Waals surface area contributed by atoms with Crippen LogP contribution in [0.4, 0.5) is 13.2 Å². The van der Waals surface area contributed by atoms with E-state index in [0.717, 1.165) is 11.6 Å². The van der Waals surface area contributed by atoms with Crippen molar-refractivity contribution >= 4 is 28.8 Å². The summed E-state index contributed by atoms with van der Waals surface area (Å²) in [6.45, 7) is 1.53. The Morgan fingerprint density at radius 2 is 2.23 bits per heavy atom. The minimum Gasteiger partial charge on any atom is -0.267 e. The lowest BCUT2D eigenvalue weighted by atomic mass is 10.2. The van der Waals surface area contributed by atoms with Crippen molar-refractivity contribution in [1.29, 1.82) is 0 Å². The highest BCUT2D eigenvalue weighted by molar-refractivity contribution is 7.12. The number of rotatable bonds is 4. The highest BCUT2D eigenvalue weighted by atomic mass is 35.5. The molecule has 0 aromatic carbocycles. The molecule has 1 N–H and O–H groups in total. The zero-order valence-corrected chi connectivity index (χ0v) is 12.8. The molecule has 0 aliphatic carbocycles. The van der Waals surface area contributed by atoms with E-state index in [1.165, 1.54) is 11.3 Å². The highest BCUT2D eigenvalue weighted by Gasteiger charge is 2.31. The van der Waals surface area contributed by atoms with E-state index >= 15 is 0 Å². The third-order valence-electron chi connectivity index (χ3n) is 2.69. The second-order valence-corrected chi connectivity index (χ2v) is 5.63. The maximum Gasteiger partial charge on any atom is 0.417 e. The number of thiophene rings is 1. The number of nitrogens with one attached hydrogen (secondary N) is 1. The van der Waals surface area contributed by atoms with Crippen LogP contribution in [-0.4, -0.2) is 10.9 Å². The fraction of sp³-hybridized carbons (Fsp3) is 0.231. The number of alkyl halides is 3. The number of hydrogen-bond donors (Lipinski definition) is 1. The van der Waals surface area contributed by atoms with Crippen molar-refractivity contribution < 1.29 is 22.8 Å². The van der Waals surface area contributed by atoms with E-state index < -0.39 is 17.6 Å². The number of hydrogen-bond acceptors (Lipinski definition) is 4. The van der Waals surface area contributed by atoms with E-state index in [9.17, 15) is 18.0 Å². The zero-order valence-electron chi connectivity index (χ0n) is 11.2. The smallest absolute Gasteiger partial charge is 0.267 e. The highest BCUT2D eigenvalue weighted by Crippen LogP contribution is 2.31. The van der Waals surface area contributed by atoms with Crippen LogP contribution in [0.2, 0.25) is 5.02 Å². The van der Waals surface area contributed by atoms with Crippen LogP contribution in [-0.2, 0) is 17.6 Å². The Labute approximate surface area is 132 Å². The third-order valence-corrected chi connectivity index (χ3v) is 4.03. The Bertz CT molecular complexity index is 688. The topological polar surface area (TPSA) is 51.2 Å². The Balaban J connectivity index is 1.95. The molecule has 9 heteroatoms. The molecule has 22 heavy (non-hydrogen) atoms. The van der Waals surface area contributed by atoms with Gasteiger partial charge in [-0.15, -0.1) is 11.3 Å². The van der Waals surface area contributed by atoms with Gasteiger partial charge in [0.15, 0.2) is 0 Å². The van der Waals surface area contributed by atoms with Gasteiger partial charge in [0.05, 0.1) is 21.2 Å². The van der Waals surface area contributed by atoms with Gasteiger partial charge in [-0.25, -0.2) is 5.48 Å². The van der Waals surface area contributed by atoms with Gasteiger partial charge in [0, 0.05) is 6.20 Å². The van der Waals surface area contributed by atoms with Crippen LogP contribution in [0.3, 0.4) is 0 Å². The first-order chi connectivity index (χ1) is 10.3. The van der Waals surface area contributed by atoms with Gasteiger partial charge in [-0.1, -0.05) is 11.6 Å². The summed E-state index contributed by atoms with van der Waals surface area (Å²) in [5, 5.41) is 1.58. The molecule has 2 rings (SSSR count). The fourth-order valence-corrected chi connectivity index (χ4v) is 2.58. The van der Waals surface area contributed by atoms with Gasteiger partial charge < -0.3 is 0 Å². The number of nitrogens with zero attached hydrogens (tertiary/aromatic N) is 1. The number of amides is 1. The quantitative estimate of drug-likeness (QED) is 0.848. The van der Waals surface area contributed by atoms with Crippen molar-refractivity contribution in [2.45, 2.75) is 19.7 Å². The lowest BCUT2D eigenvalue weighted by Gasteiger charge is -2.09. The van der Waals surface area contributed by atoms with Crippen LogP contribution < -0.4 is 5.48 Å². The predicted octanol–water partition coefficient (Wildman–Crippen LogP) is 3.99. The van der Waals surface area contributed by atoms with Gasteiger partial charge in [0.2, 0.25) is 0 Å². The van der Waals surface area contributed by atoms with E-state index in [4.69, 9.17) is 16.4 Å². The molecule has 0 aliphatic heterocycles. The second kappa shape index (κ2) is 6.64. The Morgan fingerprint density at radius 3 is 2.77 bits per heavy atom. The molecule has 0 atom stereocenters. The standard InChI is InChI=1S/C13H10ClF3N2O2S/c1-7-2-3-22-11(7)12(20)19-21-6-10-9(14)4-8(5-18-10)13(15,16)17/h2-5H,6H2,1H3,(H,19,20). The Hall–Kier alpha value is -1.64. The number of carbonyl (C=O) groups excluding carboxylic acids is 1. The molecule has 1 amide bonds. The van der Waals surface area contributed by atoms with Crippen molar-refractivity contribution in [3.05, 3.63) is 50.4 Å². The Kier molecular flexibility index (Phi) is 5.05. The Morgan fingerprint density at radius 1 is 1.50 bits per heavy atom. The monoisotopic (exact) mass is 350 g/mol. The predicted molar refractivity (Wildman–Crippen MR) is 75.6 cm³/mol. The van der Waals surface area contributed by atoms with Gasteiger partial charge in [-0.3, -0.25) is 14.6 Å². The maximum atomic E-state index is 12.5. The molecule has 2 aromatic rings. The van der Waals surface area contributed by atoms with Gasteiger partial charge in [-0.2, -0.15) is 13.2 Å². The maximum absolute atomic E-state index is 12.5. The minimum absolute atomic E-state index is 0.0952. The molecule has 0 saturated carbocycles. The average molecular weight is 351 g/mol. The normalized spacial score (nSPS) is 11.5. The van der Waals surface area contributed by atoms with E-state index in [-0.39, 0.29) is 17.3 Å². The average Bonchev–Trinajstić information content (AvgIpc) is 2.85. The van der Waals surface area contributed by atoms with Gasteiger partial charge in [0.25, 0.3) is 5.91 Å². The van der Waals surface area contributed by atoms with Crippen molar-refractivity contribution in [2.75, 3.05) is 0 Å². The number of aromatic nitrogens is 1. The molecule has 0 bridgehead atoms. The van der Waals surface area contributed by atoms with Crippen molar-refractivity contribution in [3.63, 3.8) is 0 Å². The lowest BCUT2D eigenvalue weighted by Crippen LogP contribution is -2.23. The first-order valence-electron chi connectivity index (χ1n) is 5.97. The summed E-state index contributed by atoms with van der Waals surface area (Å²) in [5.74, 6) is -0.435. The van der Waals surface area contributed by atoms with Crippen LogP contribution in [0.25, 0.3) is 0 Å². The minimum atomic E-state index is -4.51. The SMILES string of the molecule is Cc1ccsc1C(=O)NOCc1ncc(C(F)(F)F)cc1Cl.